The summed E-state index contributed by atoms with van der Waals surface area (Å²) in [6.07, 6.45) is 6.03. The van der Waals surface area contributed by atoms with Gasteiger partial charge in [0, 0.05) is 52.2 Å². The predicted molar refractivity (Wildman–Crippen MR) is 167 cm³/mol. The van der Waals surface area contributed by atoms with Crippen molar-refractivity contribution in [2.75, 3.05) is 31.5 Å². The molecule has 6 rings (SSSR count). The Morgan fingerprint density at radius 1 is 1.07 bits per heavy atom. The van der Waals surface area contributed by atoms with E-state index < -0.39 is 0 Å². The third-order valence-electron chi connectivity index (χ3n) is 8.08. The number of nitrogens with zero attached hydrogens (tertiary/aromatic N) is 2. The zero-order chi connectivity index (χ0) is 28.3. The fourth-order valence-corrected chi connectivity index (χ4v) is 6.57. The van der Waals surface area contributed by atoms with Crippen molar-refractivity contribution in [1.29, 1.82) is 0 Å². The average Bonchev–Trinajstić information content (AvgIpc) is 3.67. The van der Waals surface area contributed by atoms with Crippen LogP contribution in [0.4, 0.5) is 5.69 Å². The molecular formula is C33H35N5O2S. The number of benzene rings is 2. The number of H-pyrrole nitrogens is 1. The largest absolute Gasteiger partial charge is 0.359 e. The second-order valence-electron chi connectivity index (χ2n) is 10.9. The van der Waals surface area contributed by atoms with Crippen LogP contribution in [0.3, 0.4) is 0 Å². The van der Waals surface area contributed by atoms with E-state index in [1.807, 2.05) is 56.3 Å². The van der Waals surface area contributed by atoms with E-state index in [9.17, 15) is 9.59 Å². The SMILES string of the molecule is Cc1[nH]c(/C=C2\C(=O)Nc3ccc(-c4csc(-c5ccccc5)n4)cc32)c(C)c1CC(=O)NCCN1CCCCC1. The van der Waals surface area contributed by atoms with Gasteiger partial charge in [-0.05, 0) is 69.1 Å². The molecule has 210 valence electrons. The van der Waals surface area contributed by atoms with Crippen LogP contribution in [-0.4, -0.2) is 52.9 Å². The van der Waals surface area contributed by atoms with Crippen LogP contribution in [-0.2, 0) is 16.0 Å². The van der Waals surface area contributed by atoms with Gasteiger partial charge in [-0.3, -0.25) is 9.59 Å². The van der Waals surface area contributed by atoms with Gasteiger partial charge in [0.15, 0.2) is 0 Å². The molecule has 0 atom stereocenters. The number of piperidine rings is 1. The number of aryl methyl sites for hydroxylation is 1. The summed E-state index contributed by atoms with van der Waals surface area (Å²) in [4.78, 5) is 36.5. The minimum absolute atomic E-state index is 0.0261. The number of anilines is 1. The number of hydrogen-bond donors (Lipinski definition) is 3. The summed E-state index contributed by atoms with van der Waals surface area (Å²) in [6, 6.07) is 16.1. The normalized spacial score (nSPS) is 16.1. The first-order valence-corrected chi connectivity index (χ1v) is 15.2. The molecule has 7 nitrogen and oxygen atoms in total. The summed E-state index contributed by atoms with van der Waals surface area (Å²) in [5, 5.41) is 9.10. The summed E-state index contributed by atoms with van der Waals surface area (Å²) in [7, 11) is 0. The van der Waals surface area contributed by atoms with Gasteiger partial charge in [0.05, 0.1) is 17.7 Å². The highest BCUT2D eigenvalue weighted by Crippen LogP contribution is 2.38. The number of aromatic nitrogens is 2. The number of fused-ring (bicyclic) bond motifs is 1. The van der Waals surface area contributed by atoms with Crippen molar-refractivity contribution in [3.63, 3.8) is 0 Å². The van der Waals surface area contributed by atoms with Gasteiger partial charge in [0.1, 0.15) is 5.01 Å². The molecule has 2 aliphatic rings. The molecule has 2 aromatic carbocycles. The lowest BCUT2D eigenvalue weighted by Crippen LogP contribution is -2.38. The fraction of sp³-hybridized carbons (Fsp3) is 0.303. The van der Waals surface area contributed by atoms with Crippen molar-refractivity contribution >= 4 is 40.5 Å². The second-order valence-corrected chi connectivity index (χ2v) is 11.7. The van der Waals surface area contributed by atoms with Gasteiger partial charge in [0.25, 0.3) is 5.91 Å². The van der Waals surface area contributed by atoms with Gasteiger partial charge in [-0.15, -0.1) is 11.3 Å². The van der Waals surface area contributed by atoms with Crippen molar-refractivity contribution in [2.45, 2.75) is 39.5 Å². The predicted octanol–water partition coefficient (Wildman–Crippen LogP) is 6.06. The Balaban J connectivity index is 1.19. The number of carbonyl (C=O) groups excluding carboxylic acids is 2. The van der Waals surface area contributed by atoms with Gasteiger partial charge >= 0.3 is 0 Å². The van der Waals surface area contributed by atoms with Crippen LogP contribution in [0, 0.1) is 13.8 Å². The van der Waals surface area contributed by atoms with Crippen LogP contribution in [0.25, 0.3) is 33.5 Å². The van der Waals surface area contributed by atoms with Crippen molar-refractivity contribution < 1.29 is 9.59 Å². The third-order valence-corrected chi connectivity index (χ3v) is 8.97. The van der Waals surface area contributed by atoms with Crippen LogP contribution in [0.5, 0.6) is 0 Å². The third kappa shape index (κ3) is 5.89. The first-order valence-electron chi connectivity index (χ1n) is 14.3. The zero-order valence-corrected chi connectivity index (χ0v) is 24.4. The van der Waals surface area contributed by atoms with E-state index in [-0.39, 0.29) is 11.8 Å². The van der Waals surface area contributed by atoms with Crippen LogP contribution >= 0.6 is 11.3 Å². The van der Waals surface area contributed by atoms with Gasteiger partial charge in [-0.1, -0.05) is 42.8 Å². The molecule has 4 aromatic rings. The summed E-state index contributed by atoms with van der Waals surface area (Å²) in [5.41, 5.74) is 8.95. The van der Waals surface area contributed by atoms with Gasteiger partial charge < -0.3 is 20.5 Å². The lowest BCUT2D eigenvalue weighted by molar-refractivity contribution is -0.120. The van der Waals surface area contributed by atoms with Gasteiger partial charge in [-0.25, -0.2) is 4.98 Å². The first kappa shape index (κ1) is 27.2. The standard InChI is InChI=1S/C33H35N5O2S/c1-21-25(19-31(39)34-13-16-38-14-7-4-8-15-38)22(2)35-29(21)18-27-26-17-24(11-12-28(26)36-32(27)40)30-20-41-33(37-30)23-9-5-3-6-10-23/h3,5-6,9-12,17-18,20,35H,4,7-8,13-16,19H2,1-2H3,(H,34,39)(H,36,40)/b27-18-. The number of nitrogens with one attached hydrogen (secondary N) is 3. The minimum atomic E-state index is -0.135. The number of hydrogen-bond acceptors (Lipinski definition) is 5. The molecule has 4 heterocycles. The smallest absolute Gasteiger partial charge is 0.256 e. The van der Waals surface area contributed by atoms with Gasteiger partial charge in [0.2, 0.25) is 5.91 Å². The Bertz CT molecular complexity index is 1610. The molecule has 0 spiro atoms. The van der Waals surface area contributed by atoms with E-state index >= 15 is 0 Å². The average molecular weight is 566 g/mol. The molecule has 0 unspecified atom stereocenters. The summed E-state index contributed by atoms with van der Waals surface area (Å²) in [6.45, 7) is 7.82. The Labute approximate surface area is 244 Å². The monoisotopic (exact) mass is 565 g/mol. The highest BCUT2D eigenvalue weighted by atomic mass is 32.1. The minimum Gasteiger partial charge on any atom is -0.359 e. The summed E-state index contributed by atoms with van der Waals surface area (Å²) >= 11 is 1.61. The Morgan fingerprint density at radius 3 is 2.68 bits per heavy atom. The van der Waals surface area contributed by atoms with E-state index in [0.29, 0.717) is 18.5 Å². The summed E-state index contributed by atoms with van der Waals surface area (Å²) < 4.78 is 0. The number of likely N-dealkylation sites (tertiary alicyclic amines) is 1. The maximum absolute atomic E-state index is 13.0. The highest BCUT2D eigenvalue weighted by molar-refractivity contribution is 7.13. The molecule has 3 N–H and O–H groups in total. The van der Waals surface area contributed by atoms with Crippen molar-refractivity contribution in [2.24, 2.45) is 0 Å². The maximum Gasteiger partial charge on any atom is 0.256 e. The molecule has 0 saturated carbocycles. The van der Waals surface area contributed by atoms with E-state index in [1.54, 1.807) is 11.3 Å². The molecule has 0 bridgehead atoms. The van der Waals surface area contributed by atoms with E-state index in [2.05, 4.69) is 38.0 Å². The molecule has 2 amide bonds. The molecule has 2 aliphatic heterocycles. The van der Waals surface area contributed by atoms with Crippen LogP contribution < -0.4 is 10.6 Å². The van der Waals surface area contributed by atoms with Crippen LogP contribution in [0.2, 0.25) is 0 Å². The molecule has 8 heteroatoms. The molecular weight excluding hydrogens is 530 g/mol. The quantitative estimate of drug-likeness (QED) is 0.227. The second kappa shape index (κ2) is 11.8. The van der Waals surface area contributed by atoms with Crippen LogP contribution in [0.1, 0.15) is 47.3 Å². The van der Waals surface area contributed by atoms with E-state index in [0.717, 1.165) is 75.2 Å². The summed E-state index contributed by atoms with van der Waals surface area (Å²) in [5.74, 6) is -0.109. The Hall–Kier alpha value is -4.01. The van der Waals surface area contributed by atoms with E-state index in [1.165, 1.54) is 19.3 Å². The number of aromatic amines is 1. The number of amides is 2. The van der Waals surface area contributed by atoms with Crippen molar-refractivity contribution in [3.8, 4) is 21.8 Å². The Kier molecular flexibility index (Phi) is 7.85. The zero-order valence-electron chi connectivity index (χ0n) is 23.5. The molecule has 2 aromatic heterocycles. The fourth-order valence-electron chi connectivity index (χ4n) is 5.74. The lowest BCUT2D eigenvalue weighted by atomic mass is 10.0. The molecule has 1 fully saturated rings. The highest BCUT2D eigenvalue weighted by Gasteiger charge is 2.26. The molecule has 41 heavy (non-hydrogen) atoms. The van der Waals surface area contributed by atoms with Gasteiger partial charge in [-0.2, -0.15) is 0 Å². The van der Waals surface area contributed by atoms with Crippen molar-refractivity contribution in [1.82, 2.24) is 20.2 Å². The number of thiazole rings is 1. The lowest BCUT2D eigenvalue weighted by Gasteiger charge is -2.26. The number of rotatable bonds is 8. The maximum atomic E-state index is 13.0. The molecule has 0 aliphatic carbocycles. The first-order chi connectivity index (χ1) is 20.0. The molecule has 0 radical (unpaired) electrons. The topological polar surface area (TPSA) is 90.1 Å². The van der Waals surface area contributed by atoms with E-state index in [4.69, 9.17) is 4.98 Å². The Morgan fingerprint density at radius 2 is 1.88 bits per heavy atom. The van der Waals surface area contributed by atoms with Crippen LogP contribution in [0.15, 0.2) is 53.9 Å². The number of carbonyl (C=O) groups is 2. The van der Waals surface area contributed by atoms with Crippen molar-refractivity contribution in [3.05, 3.63) is 82.0 Å². The molecule has 1 saturated heterocycles.